The molecule has 11 atom stereocenters. The highest BCUT2D eigenvalue weighted by molar-refractivity contribution is 7.47. The third-order valence-electron chi connectivity index (χ3n) is 11.0. The topological polar surface area (TPSA) is 247 Å². The zero-order valence-electron chi connectivity index (χ0n) is 38.3. The number of ketones is 1. The minimum atomic E-state index is -5.43. The molecule has 0 radical (unpaired) electrons. The monoisotopic (exact) mass is 937 g/mol. The quantitative estimate of drug-likeness (QED) is 0.0253. The van der Waals surface area contributed by atoms with Gasteiger partial charge in [-0.1, -0.05) is 125 Å². The van der Waals surface area contributed by atoms with Gasteiger partial charge in [-0.2, -0.15) is 0 Å². The van der Waals surface area contributed by atoms with E-state index in [1.807, 2.05) is 19.1 Å². The molecular weight excluding hydrogens is 859 g/mol. The van der Waals surface area contributed by atoms with Crippen LogP contribution < -0.4 is 0 Å². The van der Waals surface area contributed by atoms with Crippen molar-refractivity contribution in [3.63, 3.8) is 0 Å². The summed E-state index contributed by atoms with van der Waals surface area (Å²) < 4.78 is 34.5. The van der Waals surface area contributed by atoms with Crippen molar-refractivity contribution < 1.29 is 73.0 Å². The molecular formula is C49H77O15P. The minimum Gasteiger partial charge on any atom is -0.462 e. The zero-order valence-corrected chi connectivity index (χ0v) is 39.2. The van der Waals surface area contributed by atoms with E-state index in [9.17, 15) is 54.5 Å². The molecule has 7 N–H and O–H groups in total. The molecule has 0 fully saturated rings. The predicted molar refractivity (Wildman–Crippen MR) is 248 cm³/mol. The number of phosphoric acid groups is 1. The van der Waals surface area contributed by atoms with E-state index < -0.39 is 99.4 Å². The summed E-state index contributed by atoms with van der Waals surface area (Å²) in [6, 6.07) is 0. The number of hydrogen-bond acceptors (Lipinski definition) is 14. The Labute approximate surface area is 385 Å². The van der Waals surface area contributed by atoms with Crippen LogP contribution in [-0.4, -0.2) is 115 Å². The van der Waals surface area contributed by atoms with Crippen LogP contribution in [-0.2, 0) is 37.5 Å². The Morgan fingerprint density at radius 2 is 1.43 bits per heavy atom. The molecule has 0 aromatic rings. The van der Waals surface area contributed by atoms with Gasteiger partial charge in [0.25, 0.3) is 0 Å². The molecule has 1 unspecified atom stereocenters. The van der Waals surface area contributed by atoms with Gasteiger partial charge < -0.3 is 45.0 Å². The van der Waals surface area contributed by atoms with E-state index in [0.717, 1.165) is 44.6 Å². The number of aliphatic hydroxyl groups excluding tert-OH is 6. The van der Waals surface area contributed by atoms with Crippen LogP contribution in [0.3, 0.4) is 0 Å². The summed E-state index contributed by atoms with van der Waals surface area (Å²) in [6.07, 6.45) is 21.3. The number of unbranched alkanes of at least 4 members (excludes halogenated alkanes) is 6. The van der Waals surface area contributed by atoms with E-state index >= 15 is 0 Å². The molecule has 1 aliphatic carbocycles. The fourth-order valence-corrected chi connectivity index (χ4v) is 7.98. The summed E-state index contributed by atoms with van der Waals surface area (Å²) in [5.74, 6) is -4.72. The number of cyclic esters (lactones) is 1. The first-order chi connectivity index (χ1) is 31.2. The van der Waals surface area contributed by atoms with E-state index in [2.05, 4.69) is 43.4 Å². The first-order valence-electron chi connectivity index (χ1n) is 23.4. The lowest BCUT2D eigenvalue weighted by molar-refractivity contribution is -0.164. The smallest absolute Gasteiger partial charge is 0.462 e. The normalized spacial score (nSPS) is 29.8. The summed E-state index contributed by atoms with van der Waals surface area (Å²) in [4.78, 5) is 49.8. The first-order valence-corrected chi connectivity index (χ1v) is 24.9. The Kier molecular flexibility index (Phi) is 30.2. The van der Waals surface area contributed by atoms with Crippen molar-refractivity contribution in [1.82, 2.24) is 0 Å². The molecule has 368 valence electrons. The van der Waals surface area contributed by atoms with Gasteiger partial charge in [-0.05, 0) is 76.7 Å². The average molecular weight is 937 g/mol. The number of phosphoric ester groups is 1. The van der Waals surface area contributed by atoms with E-state index in [-0.39, 0.29) is 19.3 Å². The molecule has 0 aromatic carbocycles. The van der Waals surface area contributed by atoms with E-state index in [0.29, 0.717) is 38.5 Å². The molecule has 0 amide bonds. The van der Waals surface area contributed by atoms with Crippen LogP contribution in [0.4, 0.5) is 0 Å². The molecule has 2 rings (SSSR count). The second-order valence-electron chi connectivity index (χ2n) is 16.6. The van der Waals surface area contributed by atoms with Crippen LogP contribution in [0.5, 0.6) is 0 Å². The number of allylic oxidation sites excluding steroid dienone is 11. The van der Waals surface area contributed by atoms with Crippen molar-refractivity contribution in [2.75, 3.05) is 13.2 Å². The number of fused-ring (bicyclic) bond motifs is 4. The molecule has 0 aromatic heterocycles. The molecule has 1 heterocycles. The third-order valence-corrected chi connectivity index (χ3v) is 11.9. The lowest BCUT2D eigenvalue weighted by Gasteiger charge is -2.36. The van der Waals surface area contributed by atoms with Crippen molar-refractivity contribution in [3.8, 4) is 0 Å². The van der Waals surface area contributed by atoms with Gasteiger partial charge in [0.1, 0.15) is 31.0 Å². The summed E-state index contributed by atoms with van der Waals surface area (Å²) >= 11 is 0. The van der Waals surface area contributed by atoms with Gasteiger partial charge in [0, 0.05) is 18.8 Å². The van der Waals surface area contributed by atoms with Crippen LogP contribution in [0, 0.1) is 11.8 Å². The second kappa shape index (κ2) is 34.0. The standard InChI is InChI=1S/C49H77O15P/c1-3-5-7-8-9-10-11-12-13-14-15-16-17-18-19-20-25-29-42(52)61-35-39-36-62-65(59,60)64-49-47(57)45(55)40(33-32-38(50)28-23-6-4-2)41(51)34-31-37(44(54)46(56)48(49)58)27-24-21-22-26-30-43(53)63-39/h9-10,12-13,15-16,18-19,21,24,31-34,37-40,44-50,54-58H,3-8,11,14,17,20,22-23,25-30,35-36H2,1-2H3,(H,59,60)/b10-9-,13-12-,16-15-,19-18-,24-21?,33-32+,34-31?/t37-,38-,39+,40-,44+,45+,46-,47+,48+,49+/m0/s1. The number of esters is 2. The Hall–Kier alpha value is -3.34. The Balaban J connectivity index is 2.13. The summed E-state index contributed by atoms with van der Waals surface area (Å²) in [7, 11) is -5.43. The molecule has 15 nitrogen and oxygen atoms in total. The van der Waals surface area contributed by atoms with Crippen LogP contribution in [0.2, 0.25) is 0 Å². The lowest BCUT2D eigenvalue weighted by atomic mass is 9.87. The highest BCUT2D eigenvalue weighted by Crippen LogP contribution is 2.47. The van der Waals surface area contributed by atoms with Gasteiger partial charge in [-0.25, -0.2) is 4.57 Å². The van der Waals surface area contributed by atoms with E-state index in [1.54, 1.807) is 12.2 Å². The van der Waals surface area contributed by atoms with Crippen molar-refractivity contribution in [2.45, 2.75) is 178 Å². The maximum absolute atomic E-state index is 13.5. The van der Waals surface area contributed by atoms with Gasteiger partial charge in [0.05, 0.1) is 30.8 Å². The third kappa shape index (κ3) is 24.8. The number of rotatable bonds is 22. The number of hydrogen-bond donors (Lipinski definition) is 7. The number of carbonyl (C=O) groups is 3. The van der Waals surface area contributed by atoms with Crippen molar-refractivity contribution in [3.05, 3.63) is 85.1 Å². The highest BCUT2D eigenvalue weighted by atomic mass is 31.2. The van der Waals surface area contributed by atoms with Gasteiger partial charge in [0.15, 0.2) is 11.9 Å². The molecule has 0 saturated heterocycles. The number of aliphatic hydroxyl groups is 6. The summed E-state index contributed by atoms with van der Waals surface area (Å²) in [5, 5.41) is 66.9. The van der Waals surface area contributed by atoms with Crippen LogP contribution in [0.25, 0.3) is 0 Å². The second-order valence-corrected chi connectivity index (χ2v) is 18.0. The van der Waals surface area contributed by atoms with Gasteiger partial charge >= 0.3 is 19.8 Å². The largest absolute Gasteiger partial charge is 0.472 e. The van der Waals surface area contributed by atoms with E-state index in [4.69, 9.17) is 18.5 Å². The number of carbonyl (C=O) groups excluding carboxylic acids is 3. The Bertz CT molecular complexity index is 1620. The van der Waals surface area contributed by atoms with Crippen LogP contribution in [0.1, 0.15) is 129 Å². The Morgan fingerprint density at radius 1 is 0.815 bits per heavy atom. The molecule has 2 aliphatic rings. The van der Waals surface area contributed by atoms with E-state index in [1.165, 1.54) is 37.5 Å². The molecule has 0 saturated carbocycles. The molecule has 0 spiro atoms. The van der Waals surface area contributed by atoms with Gasteiger partial charge in [-0.15, -0.1) is 0 Å². The maximum atomic E-state index is 13.5. The van der Waals surface area contributed by atoms with Crippen LogP contribution >= 0.6 is 7.82 Å². The first kappa shape index (κ1) is 57.8. The van der Waals surface area contributed by atoms with Crippen LogP contribution in [0.15, 0.2) is 85.1 Å². The fraction of sp³-hybridized carbons (Fsp3) is 0.653. The highest BCUT2D eigenvalue weighted by Gasteiger charge is 2.47. The molecule has 16 heteroatoms. The molecule has 2 bridgehead atoms. The SMILES string of the molecule is CCCCC/C=C\C/C=C\C/C=C\C/C=C\CCCC(=O)OC[C@@H]1COP(=O)(O)O[C@H]2[C@H](O)[C@@H](O)[C@H](O)[C@H](C=CC(=O)[C@H](/C=C/[C@@H](O)CCCCC)[C@@H](O)[C@H]2O)CC=CCCCC(=O)O1. The fourth-order valence-electron chi connectivity index (χ4n) is 7.01. The van der Waals surface area contributed by atoms with Crippen molar-refractivity contribution in [1.29, 1.82) is 0 Å². The maximum Gasteiger partial charge on any atom is 0.472 e. The van der Waals surface area contributed by atoms with Gasteiger partial charge in [-0.3, -0.25) is 23.4 Å². The predicted octanol–water partition coefficient (Wildman–Crippen LogP) is 6.89. The minimum absolute atomic E-state index is 0.0189. The zero-order chi connectivity index (χ0) is 47.9. The summed E-state index contributed by atoms with van der Waals surface area (Å²) in [5.41, 5.74) is 0. The Morgan fingerprint density at radius 3 is 2.09 bits per heavy atom. The molecule has 65 heavy (non-hydrogen) atoms. The van der Waals surface area contributed by atoms with Crippen molar-refractivity contribution >= 4 is 25.5 Å². The number of ether oxygens (including phenoxy) is 2. The lowest BCUT2D eigenvalue weighted by Crippen LogP contribution is -2.55. The van der Waals surface area contributed by atoms with Crippen molar-refractivity contribution in [2.24, 2.45) is 11.8 Å². The average Bonchev–Trinajstić information content (AvgIpc) is 3.28. The summed E-state index contributed by atoms with van der Waals surface area (Å²) in [6.45, 7) is 2.77. The van der Waals surface area contributed by atoms with Gasteiger partial charge in [0.2, 0.25) is 0 Å². The molecule has 1 aliphatic heterocycles.